The van der Waals surface area contributed by atoms with Crippen LogP contribution >= 0.6 is 0 Å². The molecule has 1 heterocycles. The molecule has 5 heteroatoms. The highest BCUT2D eigenvalue weighted by Crippen LogP contribution is 2.46. The second-order valence-electron chi connectivity index (χ2n) is 9.23. The lowest BCUT2D eigenvalue weighted by Gasteiger charge is -2.36. The van der Waals surface area contributed by atoms with Crippen molar-refractivity contribution < 1.29 is 0 Å². The van der Waals surface area contributed by atoms with Crippen molar-refractivity contribution in [1.29, 1.82) is 0 Å². The van der Waals surface area contributed by atoms with Gasteiger partial charge in [0.15, 0.2) is 0 Å². The van der Waals surface area contributed by atoms with Crippen LogP contribution in [0.5, 0.6) is 0 Å². The van der Waals surface area contributed by atoms with Gasteiger partial charge in [0, 0.05) is 6.04 Å². The molecule has 1 aromatic heterocycles. The number of aromatic amines is 1. The molecule has 1 atom stereocenters. The van der Waals surface area contributed by atoms with Crippen LogP contribution in [-0.2, 0) is 18.3 Å². The standard InChI is InChI=1S/C25H32N4O/c1-15(2)29-24(30)27-23(28-29)25(14-18(5)26)21-10-6-16(3)12-19(21)8-9-20-13-17(4)7-11-22(20)25/h6-7,10-13,15,18H,8-9,14,26H2,1-5H3,(H,27,28,30). The SMILES string of the molecule is Cc1ccc2c(c1)CCc1cc(C)ccc1C2(CC(C)N)c1nn(C(C)C)c(=O)[nH]1. The summed E-state index contributed by atoms with van der Waals surface area (Å²) in [7, 11) is 0. The van der Waals surface area contributed by atoms with Crippen LogP contribution in [0.25, 0.3) is 0 Å². The molecule has 158 valence electrons. The van der Waals surface area contributed by atoms with Crippen LogP contribution in [0.3, 0.4) is 0 Å². The molecule has 3 N–H and O–H groups in total. The van der Waals surface area contributed by atoms with Crippen molar-refractivity contribution in [2.75, 3.05) is 0 Å². The van der Waals surface area contributed by atoms with Crippen molar-refractivity contribution in [3.05, 3.63) is 86.1 Å². The lowest BCUT2D eigenvalue weighted by Crippen LogP contribution is -2.38. The number of H-pyrrole nitrogens is 1. The topological polar surface area (TPSA) is 76.7 Å². The van der Waals surface area contributed by atoms with Gasteiger partial charge >= 0.3 is 5.69 Å². The first kappa shape index (κ1) is 20.6. The first-order valence-electron chi connectivity index (χ1n) is 10.9. The minimum Gasteiger partial charge on any atom is -0.328 e. The quantitative estimate of drug-likeness (QED) is 0.691. The van der Waals surface area contributed by atoms with Crippen LogP contribution in [0.1, 0.15) is 72.4 Å². The van der Waals surface area contributed by atoms with Crippen LogP contribution in [0, 0.1) is 13.8 Å². The van der Waals surface area contributed by atoms with Crippen molar-refractivity contribution in [1.82, 2.24) is 14.8 Å². The Morgan fingerprint density at radius 2 is 1.57 bits per heavy atom. The number of aryl methyl sites for hydroxylation is 4. The molecular formula is C25H32N4O. The molecule has 2 aromatic carbocycles. The Balaban J connectivity index is 2.12. The number of nitrogens with zero attached hydrogens (tertiary/aromatic N) is 2. The van der Waals surface area contributed by atoms with Gasteiger partial charge in [-0.1, -0.05) is 47.5 Å². The smallest absolute Gasteiger partial charge is 0.328 e. The highest BCUT2D eigenvalue weighted by molar-refractivity contribution is 5.56. The molecule has 0 saturated heterocycles. The van der Waals surface area contributed by atoms with Gasteiger partial charge in [-0.15, -0.1) is 0 Å². The van der Waals surface area contributed by atoms with Gasteiger partial charge in [0.2, 0.25) is 0 Å². The van der Waals surface area contributed by atoms with Gasteiger partial charge in [-0.2, -0.15) is 5.10 Å². The van der Waals surface area contributed by atoms with Crippen LogP contribution < -0.4 is 11.4 Å². The first-order valence-corrected chi connectivity index (χ1v) is 10.9. The third kappa shape index (κ3) is 3.31. The van der Waals surface area contributed by atoms with E-state index in [1.54, 1.807) is 4.68 Å². The van der Waals surface area contributed by atoms with Gasteiger partial charge in [-0.3, -0.25) is 4.98 Å². The molecular weight excluding hydrogens is 372 g/mol. The van der Waals surface area contributed by atoms with E-state index < -0.39 is 5.41 Å². The molecule has 30 heavy (non-hydrogen) atoms. The van der Waals surface area contributed by atoms with Crippen LogP contribution in [-0.4, -0.2) is 20.8 Å². The highest BCUT2D eigenvalue weighted by atomic mass is 16.2. The molecule has 0 aliphatic heterocycles. The Kier molecular flexibility index (Phi) is 5.18. The molecule has 0 bridgehead atoms. The molecule has 0 spiro atoms. The number of hydrogen-bond acceptors (Lipinski definition) is 3. The Labute approximate surface area is 178 Å². The minimum atomic E-state index is -0.587. The third-order valence-corrected chi connectivity index (χ3v) is 6.27. The maximum atomic E-state index is 12.8. The molecule has 4 rings (SSSR count). The maximum absolute atomic E-state index is 12.8. The molecule has 0 saturated carbocycles. The average molecular weight is 405 g/mol. The molecule has 0 amide bonds. The van der Waals surface area contributed by atoms with E-state index >= 15 is 0 Å². The Bertz CT molecular complexity index is 1080. The number of fused-ring (bicyclic) bond motifs is 2. The number of rotatable bonds is 4. The fourth-order valence-corrected chi connectivity index (χ4v) is 5.04. The molecule has 1 aliphatic rings. The van der Waals surface area contributed by atoms with Crippen molar-refractivity contribution in [2.45, 2.75) is 71.4 Å². The lowest BCUT2D eigenvalue weighted by atomic mass is 9.68. The molecule has 5 nitrogen and oxygen atoms in total. The molecule has 0 radical (unpaired) electrons. The van der Waals surface area contributed by atoms with Crippen molar-refractivity contribution in [3.63, 3.8) is 0 Å². The fourth-order valence-electron chi connectivity index (χ4n) is 5.04. The number of hydrogen-bond donors (Lipinski definition) is 2. The highest BCUT2D eigenvalue weighted by Gasteiger charge is 2.44. The number of nitrogens with two attached hydrogens (primary N) is 1. The van der Waals surface area contributed by atoms with E-state index in [2.05, 4.69) is 55.2 Å². The fraction of sp³-hybridized carbons (Fsp3) is 0.440. The maximum Gasteiger partial charge on any atom is 0.343 e. The summed E-state index contributed by atoms with van der Waals surface area (Å²) >= 11 is 0. The normalized spacial score (nSPS) is 16.1. The van der Waals surface area contributed by atoms with E-state index in [4.69, 9.17) is 10.8 Å². The summed E-state index contributed by atoms with van der Waals surface area (Å²) in [5.74, 6) is 0.690. The van der Waals surface area contributed by atoms with E-state index in [9.17, 15) is 4.79 Å². The summed E-state index contributed by atoms with van der Waals surface area (Å²) in [6.07, 6.45) is 2.59. The third-order valence-electron chi connectivity index (χ3n) is 6.27. The van der Waals surface area contributed by atoms with Gasteiger partial charge in [0.25, 0.3) is 0 Å². The van der Waals surface area contributed by atoms with Gasteiger partial charge in [-0.25, -0.2) is 9.48 Å². The molecule has 3 aromatic rings. The molecule has 0 fully saturated rings. The van der Waals surface area contributed by atoms with E-state index in [0.717, 1.165) is 12.8 Å². The zero-order valence-corrected chi connectivity index (χ0v) is 18.6. The predicted octanol–water partition coefficient (Wildman–Crippen LogP) is 3.94. The lowest BCUT2D eigenvalue weighted by molar-refractivity contribution is 0.456. The zero-order chi connectivity index (χ0) is 21.6. The van der Waals surface area contributed by atoms with E-state index in [0.29, 0.717) is 12.2 Å². The Morgan fingerprint density at radius 1 is 1.03 bits per heavy atom. The summed E-state index contributed by atoms with van der Waals surface area (Å²) in [5, 5.41) is 4.84. The van der Waals surface area contributed by atoms with Crippen molar-refractivity contribution in [3.8, 4) is 0 Å². The van der Waals surface area contributed by atoms with Gasteiger partial charge in [0.1, 0.15) is 5.82 Å². The second kappa shape index (κ2) is 7.55. The van der Waals surface area contributed by atoms with Gasteiger partial charge in [0.05, 0.1) is 11.5 Å². The van der Waals surface area contributed by atoms with E-state index in [-0.39, 0.29) is 17.8 Å². The Hall–Kier alpha value is -2.66. The second-order valence-corrected chi connectivity index (χ2v) is 9.23. The predicted molar refractivity (Wildman–Crippen MR) is 121 cm³/mol. The molecule has 1 unspecified atom stereocenters. The van der Waals surface area contributed by atoms with E-state index in [1.165, 1.54) is 33.4 Å². The molecule has 1 aliphatic carbocycles. The van der Waals surface area contributed by atoms with Gasteiger partial charge in [-0.05, 0) is 76.1 Å². The van der Waals surface area contributed by atoms with Crippen molar-refractivity contribution in [2.24, 2.45) is 5.73 Å². The summed E-state index contributed by atoms with van der Waals surface area (Å²) < 4.78 is 1.55. The van der Waals surface area contributed by atoms with Crippen LogP contribution in [0.2, 0.25) is 0 Å². The number of nitrogens with one attached hydrogen (secondary N) is 1. The average Bonchev–Trinajstić information content (AvgIpc) is 3.01. The first-order chi connectivity index (χ1) is 14.2. The van der Waals surface area contributed by atoms with Crippen LogP contribution in [0.4, 0.5) is 0 Å². The van der Waals surface area contributed by atoms with Crippen LogP contribution in [0.15, 0.2) is 41.2 Å². The number of benzene rings is 2. The van der Waals surface area contributed by atoms with Crippen molar-refractivity contribution >= 4 is 0 Å². The minimum absolute atomic E-state index is 0.0180. The largest absolute Gasteiger partial charge is 0.343 e. The Morgan fingerprint density at radius 3 is 2.00 bits per heavy atom. The zero-order valence-electron chi connectivity index (χ0n) is 18.6. The monoisotopic (exact) mass is 404 g/mol. The van der Waals surface area contributed by atoms with Gasteiger partial charge < -0.3 is 5.73 Å². The number of aromatic nitrogens is 3. The summed E-state index contributed by atoms with van der Waals surface area (Å²) in [6, 6.07) is 13.2. The summed E-state index contributed by atoms with van der Waals surface area (Å²) in [5.41, 5.74) is 13.2. The summed E-state index contributed by atoms with van der Waals surface area (Å²) in [4.78, 5) is 15.9. The van der Waals surface area contributed by atoms with E-state index in [1.807, 2.05) is 20.8 Å². The summed E-state index contributed by atoms with van der Waals surface area (Å²) in [6.45, 7) is 10.2.